The highest BCUT2D eigenvalue weighted by Gasteiger charge is 2.22. The van der Waals surface area contributed by atoms with Gasteiger partial charge in [-0.2, -0.15) is 0 Å². The van der Waals surface area contributed by atoms with E-state index < -0.39 is 0 Å². The zero-order chi connectivity index (χ0) is 25.3. The Balaban J connectivity index is 1.75. The number of hydrogen-bond donors (Lipinski definition) is 2. The molecule has 0 aliphatic heterocycles. The third kappa shape index (κ3) is 4.80. The first-order valence-corrected chi connectivity index (χ1v) is 11.3. The van der Waals surface area contributed by atoms with Crippen LogP contribution in [0.5, 0.6) is 0 Å². The lowest BCUT2D eigenvalue weighted by Crippen LogP contribution is -2.30. The average molecular weight is 497 g/mol. The summed E-state index contributed by atoms with van der Waals surface area (Å²) in [6, 6.07) is 5.06. The van der Waals surface area contributed by atoms with Gasteiger partial charge in [0.15, 0.2) is 5.82 Å². The zero-order valence-electron chi connectivity index (χ0n) is 19.8. The summed E-state index contributed by atoms with van der Waals surface area (Å²) >= 11 is 6.21. The van der Waals surface area contributed by atoms with Crippen LogP contribution < -0.4 is 10.9 Å². The summed E-state index contributed by atoms with van der Waals surface area (Å²) in [7, 11) is 3.39. The molecule has 0 fully saturated rings. The van der Waals surface area contributed by atoms with Gasteiger partial charge in [0.25, 0.3) is 11.5 Å². The smallest absolute Gasteiger partial charge is 0.273 e. The summed E-state index contributed by atoms with van der Waals surface area (Å²) < 4.78 is 3.23. The van der Waals surface area contributed by atoms with Gasteiger partial charge in [0.2, 0.25) is 5.91 Å². The van der Waals surface area contributed by atoms with Crippen LogP contribution in [0.2, 0.25) is 5.02 Å². The predicted molar refractivity (Wildman–Crippen MR) is 131 cm³/mol. The molecule has 0 unspecified atom stereocenters. The van der Waals surface area contributed by atoms with Crippen molar-refractivity contribution in [1.29, 1.82) is 0 Å². The SMILES string of the molecule is CCn1[nH]cc(CN(C)C(=O)c2nc(-c3cnc(CNC(C)=O)n3C)nc3ccc(Cl)cc23)c1=O. The molecule has 4 aromatic rings. The Morgan fingerprint density at radius 2 is 2.03 bits per heavy atom. The minimum atomic E-state index is -0.384. The first-order valence-electron chi connectivity index (χ1n) is 10.9. The average Bonchev–Trinajstić information content (AvgIpc) is 3.38. The largest absolute Gasteiger partial charge is 0.349 e. The van der Waals surface area contributed by atoms with Crippen molar-refractivity contribution in [2.75, 3.05) is 7.05 Å². The van der Waals surface area contributed by atoms with Crippen molar-refractivity contribution in [3.05, 3.63) is 63.1 Å². The fourth-order valence-electron chi connectivity index (χ4n) is 3.71. The molecule has 3 aromatic heterocycles. The van der Waals surface area contributed by atoms with Gasteiger partial charge in [0, 0.05) is 44.2 Å². The number of aryl methyl sites for hydroxylation is 1. The van der Waals surface area contributed by atoms with Gasteiger partial charge in [-0.15, -0.1) is 0 Å². The van der Waals surface area contributed by atoms with Crippen molar-refractivity contribution in [3.63, 3.8) is 0 Å². The highest BCUT2D eigenvalue weighted by Crippen LogP contribution is 2.26. The van der Waals surface area contributed by atoms with Crippen LogP contribution >= 0.6 is 11.6 Å². The van der Waals surface area contributed by atoms with E-state index in [-0.39, 0.29) is 36.2 Å². The van der Waals surface area contributed by atoms with Crippen LogP contribution in [0.3, 0.4) is 0 Å². The van der Waals surface area contributed by atoms with Crippen LogP contribution in [0.25, 0.3) is 22.4 Å². The third-order valence-corrected chi connectivity index (χ3v) is 5.89. The Labute approximate surface area is 205 Å². The molecule has 0 saturated heterocycles. The second-order valence-corrected chi connectivity index (χ2v) is 8.53. The van der Waals surface area contributed by atoms with Crippen LogP contribution in [0, 0.1) is 0 Å². The lowest BCUT2D eigenvalue weighted by molar-refractivity contribution is -0.119. The van der Waals surface area contributed by atoms with E-state index in [1.54, 1.807) is 49.3 Å². The van der Waals surface area contributed by atoms with Gasteiger partial charge in [0.05, 0.1) is 30.4 Å². The Morgan fingerprint density at radius 3 is 2.71 bits per heavy atom. The number of carbonyl (C=O) groups excluding carboxylic acids is 2. The normalized spacial score (nSPS) is 11.1. The minimum Gasteiger partial charge on any atom is -0.349 e. The topological polar surface area (TPSA) is 131 Å². The van der Waals surface area contributed by atoms with Crippen molar-refractivity contribution >= 4 is 34.3 Å². The summed E-state index contributed by atoms with van der Waals surface area (Å²) in [6.07, 6.45) is 3.20. The van der Waals surface area contributed by atoms with Gasteiger partial charge in [-0.25, -0.2) is 15.0 Å². The lowest BCUT2D eigenvalue weighted by Gasteiger charge is -2.17. The first-order chi connectivity index (χ1) is 16.7. The van der Waals surface area contributed by atoms with Crippen LogP contribution in [-0.4, -0.2) is 53.1 Å². The molecule has 0 spiro atoms. The van der Waals surface area contributed by atoms with Crippen molar-refractivity contribution in [1.82, 2.24) is 39.5 Å². The van der Waals surface area contributed by atoms with E-state index in [0.717, 1.165) is 0 Å². The summed E-state index contributed by atoms with van der Waals surface area (Å²) in [4.78, 5) is 52.2. The standard InChI is InChI=1S/C23H25ClN8O3/c1-5-32-22(34)14(9-27-32)12-30(3)23(35)20-16-8-15(24)6-7-17(16)28-21(29-20)18-10-26-19(31(18)4)11-25-13(2)33/h6-10,27H,5,11-12H2,1-4H3,(H,25,33). The molecule has 2 N–H and O–H groups in total. The maximum absolute atomic E-state index is 13.5. The van der Waals surface area contributed by atoms with E-state index >= 15 is 0 Å². The van der Waals surface area contributed by atoms with Crippen molar-refractivity contribution in [2.45, 2.75) is 33.5 Å². The van der Waals surface area contributed by atoms with E-state index in [2.05, 4.69) is 25.4 Å². The molecular weight excluding hydrogens is 472 g/mol. The third-order valence-electron chi connectivity index (χ3n) is 5.65. The number of aromatic nitrogens is 6. The number of hydrogen-bond acceptors (Lipinski definition) is 6. The van der Waals surface area contributed by atoms with Gasteiger partial charge < -0.3 is 19.9 Å². The van der Waals surface area contributed by atoms with Crippen molar-refractivity contribution < 1.29 is 9.59 Å². The van der Waals surface area contributed by atoms with Crippen LogP contribution in [-0.2, 0) is 31.5 Å². The van der Waals surface area contributed by atoms with Gasteiger partial charge in [-0.05, 0) is 25.1 Å². The number of halogens is 1. The second-order valence-electron chi connectivity index (χ2n) is 8.10. The molecule has 4 rings (SSSR count). The number of benzene rings is 1. The molecule has 0 bridgehead atoms. The fourth-order valence-corrected chi connectivity index (χ4v) is 3.88. The minimum absolute atomic E-state index is 0.106. The maximum Gasteiger partial charge on any atom is 0.273 e. The van der Waals surface area contributed by atoms with E-state index in [9.17, 15) is 14.4 Å². The van der Waals surface area contributed by atoms with Crippen LogP contribution in [0.4, 0.5) is 0 Å². The fraction of sp³-hybridized carbons (Fsp3) is 0.304. The number of carbonyl (C=O) groups is 2. The first kappa shape index (κ1) is 24.1. The summed E-state index contributed by atoms with van der Waals surface area (Å²) in [5, 5.41) is 6.55. The summed E-state index contributed by atoms with van der Waals surface area (Å²) in [5.41, 5.74) is 1.57. The number of amides is 2. The highest BCUT2D eigenvalue weighted by molar-refractivity contribution is 6.31. The maximum atomic E-state index is 13.5. The molecule has 2 amide bonds. The molecule has 0 radical (unpaired) electrons. The zero-order valence-corrected chi connectivity index (χ0v) is 20.5. The van der Waals surface area contributed by atoms with Crippen molar-refractivity contribution in [2.24, 2.45) is 7.05 Å². The molecule has 11 nitrogen and oxygen atoms in total. The van der Waals surface area contributed by atoms with E-state index in [0.29, 0.717) is 45.4 Å². The van der Waals surface area contributed by atoms with E-state index in [1.165, 1.54) is 16.5 Å². The predicted octanol–water partition coefficient (Wildman–Crippen LogP) is 2.10. The number of aromatic amines is 1. The molecule has 182 valence electrons. The number of nitrogens with one attached hydrogen (secondary N) is 2. The summed E-state index contributed by atoms with van der Waals surface area (Å²) in [6.45, 7) is 4.14. The summed E-state index contributed by atoms with van der Waals surface area (Å²) in [5.74, 6) is 0.359. The molecule has 12 heteroatoms. The number of rotatable bonds is 7. The molecular formula is C23H25ClN8O3. The van der Waals surface area contributed by atoms with Gasteiger partial charge in [-0.1, -0.05) is 11.6 Å². The van der Waals surface area contributed by atoms with Crippen LogP contribution in [0.1, 0.15) is 35.7 Å². The van der Waals surface area contributed by atoms with Gasteiger partial charge >= 0.3 is 0 Å². The molecule has 0 saturated carbocycles. The monoisotopic (exact) mass is 496 g/mol. The molecule has 3 heterocycles. The molecule has 0 atom stereocenters. The lowest BCUT2D eigenvalue weighted by atomic mass is 10.1. The molecule has 0 aliphatic rings. The van der Waals surface area contributed by atoms with Crippen LogP contribution in [0.15, 0.2) is 35.4 Å². The van der Waals surface area contributed by atoms with Gasteiger partial charge in [-0.3, -0.25) is 19.1 Å². The Morgan fingerprint density at radius 1 is 1.26 bits per heavy atom. The Bertz CT molecular complexity index is 1490. The molecule has 1 aromatic carbocycles. The molecule has 35 heavy (non-hydrogen) atoms. The highest BCUT2D eigenvalue weighted by atomic mass is 35.5. The molecule has 0 aliphatic carbocycles. The quantitative estimate of drug-likeness (QED) is 0.403. The number of nitrogens with zero attached hydrogens (tertiary/aromatic N) is 6. The van der Waals surface area contributed by atoms with E-state index in [1.807, 2.05) is 6.92 Å². The van der Waals surface area contributed by atoms with E-state index in [4.69, 9.17) is 11.6 Å². The Kier molecular flexibility index (Phi) is 6.70. The van der Waals surface area contributed by atoms with Gasteiger partial charge in [0.1, 0.15) is 17.2 Å². The van der Waals surface area contributed by atoms with Crippen molar-refractivity contribution in [3.8, 4) is 11.5 Å². The number of fused-ring (bicyclic) bond motifs is 1. The Hall–Kier alpha value is -3.99. The second kappa shape index (κ2) is 9.71. The number of H-pyrrole nitrogens is 1. The number of imidazole rings is 1.